The van der Waals surface area contributed by atoms with Gasteiger partial charge in [0.15, 0.2) is 11.5 Å². The molecule has 0 aliphatic rings. The molecule has 0 aliphatic heterocycles. The van der Waals surface area contributed by atoms with E-state index < -0.39 is 0 Å². The summed E-state index contributed by atoms with van der Waals surface area (Å²) in [6.07, 6.45) is 3.31. The Labute approximate surface area is 152 Å². The maximum Gasteiger partial charge on any atom is 0.205 e. The number of ether oxygens (including phenoxy) is 2. The molecule has 0 saturated carbocycles. The smallest absolute Gasteiger partial charge is 0.205 e. The Morgan fingerprint density at radius 1 is 1.08 bits per heavy atom. The Hall–Kier alpha value is -3.15. The molecule has 0 unspecified atom stereocenters. The number of aromatic hydroxyl groups is 1. The fourth-order valence-corrected chi connectivity index (χ4v) is 2.78. The molecule has 0 spiro atoms. The number of pyridine rings is 1. The number of hydrogen-bond acceptors (Lipinski definition) is 6. The van der Waals surface area contributed by atoms with Gasteiger partial charge in [0.05, 0.1) is 18.8 Å². The van der Waals surface area contributed by atoms with E-state index >= 15 is 0 Å². The molecule has 2 N–H and O–H groups in total. The minimum Gasteiger partial charge on any atom is -0.504 e. The summed E-state index contributed by atoms with van der Waals surface area (Å²) in [5.41, 5.74) is 1.98. The highest BCUT2D eigenvalue weighted by Gasteiger charge is 2.23. The molecule has 0 bridgehead atoms. The lowest BCUT2D eigenvalue weighted by Gasteiger charge is -2.11. The average molecular weight is 354 g/mol. The topological polar surface area (TPSA) is 76.8 Å². The van der Waals surface area contributed by atoms with Gasteiger partial charge < -0.3 is 24.3 Å². The van der Waals surface area contributed by atoms with Crippen LogP contribution in [0.2, 0.25) is 0 Å². The lowest BCUT2D eigenvalue weighted by molar-refractivity contribution is 0.323. The highest BCUT2D eigenvalue weighted by molar-refractivity contribution is 5.88. The summed E-state index contributed by atoms with van der Waals surface area (Å²) >= 11 is 0. The zero-order valence-electron chi connectivity index (χ0n) is 15.1. The van der Waals surface area contributed by atoms with Crippen LogP contribution in [0.1, 0.15) is 13.8 Å². The molecule has 0 aliphatic carbocycles. The molecular formula is C20H22N2O4. The van der Waals surface area contributed by atoms with Gasteiger partial charge >= 0.3 is 0 Å². The van der Waals surface area contributed by atoms with Gasteiger partial charge in [-0.1, -0.05) is 0 Å². The Kier molecular flexibility index (Phi) is 5.31. The molecule has 0 radical (unpaired) electrons. The van der Waals surface area contributed by atoms with Crippen LogP contribution in [0.15, 0.2) is 47.1 Å². The molecule has 0 atom stereocenters. The van der Waals surface area contributed by atoms with Crippen molar-refractivity contribution in [2.75, 3.05) is 25.6 Å². The van der Waals surface area contributed by atoms with Crippen LogP contribution in [-0.4, -0.2) is 30.4 Å². The second-order valence-corrected chi connectivity index (χ2v) is 5.53. The fourth-order valence-electron chi connectivity index (χ4n) is 2.78. The maximum absolute atomic E-state index is 10.8. The van der Waals surface area contributed by atoms with Crippen LogP contribution in [0.25, 0.3) is 22.5 Å². The standard InChI is InChI=1S/C20H22N2O4/c1-4-24-15-9-14(10-16(11-15)25-5-2)17-18(23)19(26-20(17)21-3)13-7-6-8-22-12-13/h6-12,21,23H,4-5H2,1-3H3. The zero-order valence-corrected chi connectivity index (χ0v) is 15.1. The molecule has 0 saturated heterocycles. The van der Waals surface area contributed by atoms with E-state index in [1.807, 2.05) is 38.1 Å². The molecule has 6 heteroatoms. The van der Waals surface area contributed by atoms with Crippen molar-refractivity contribution >= 4 is 5.88 Å². The van der Waals surface area contributed by atoms with Crippen LogP contribution < -0.4 is 14.8 Å². The maximum atomic E-state index is 10.8. The number of anilines is 1. The molecule has 26 heavy (non-hydrogen) atoms. The van der Waals surface area contributed by atoms with Crippen molar-refractivity contribution in [2.45, 2.75) is 13.8 Å². The second-order valence-electron chi connectivity index (χ2n) is 5.53. The van der Waals surface area contributed by atoms with Gasteiger partial charge in [0, 0.05) is 31.1 Å². The van der Waals surface area contributed by atoms with Gasteiger partial charge in [-0.05, 0) is 43.7 Å². The lowest BCUT2D eigenvalue weighted by Crippen LogP contribution is -1.96. The third-order valence-electron chi connectivity index (χ3n) is 3.82. The van der Waals surface area contributed by atoms with Crippen LogP contribution in [0, 0.1) is 0 Å². The Balaban J connectivity index is 2.15. The molecular weight excluding hydrogens is 332 g/mol. The van der Waals surface area contributed by atoms with E-state index in [1.165, 1.54) is 0 Å². The monoisotopic (exact) mass is 354 g/mol. The van der Waals surface area contributed by atoms with Crippen molar-refractivity contribution in [2.24, 2.45) is 0 Å². The number of furan rings is 1. The molecule has 0 amide bonds. The largest absolute Gasteiger partial charge is 0.504 e. The summed E-state index contributed by atoms with van der Waals surface area (Å²) in [6.45, 7) is 4.90. The Bertz CT molecular complexity index is 851. The second kappa shape index (κ2) is 7.82. The summed E-state index contributed by atoms with van der Waals surface area (Å²) in [7, 11) is 1.74. The predicted octanol–water partition coefficient (Wildman–Crippen LogP) is 4.55. The summed E-state index contributed by atoms with van der Waals surface area (Å²) in [4.78, 5) is 4.09. The van der Waals surface area contributed by atoms with E-state index in [2.05, 4.69) is 10.3 Å². The number of rotatable bonds is 7. The number of hydrogen-bond donors (Lipinski definition) is 2. The van der Waals surface area contributed by atoms with E-state index in [9.17, 15) is 5.11 Å². The van der Waals surface area contributed by atoms with Crippen LogP contribution in [0.5, 0.6) is 17.2 Å². The van der Waals surface area contributed by atoms with Gasteiger partial charge in [0.1, 0.15) is 11.5 Å². The first-order valence-corrected chi connectivity index (χ1v) is 8.52. The minimum absolute atomic E-state index is 0.0402. The van der Waals surface area contributed by atoms with Crippen LogP contribution in [0.4, 0.5) is 5.88 Å². The van der Waals surface area contributed by atoms with E-state index in [0.717, 1.165) is 5.56 Å². The Morgan fingerprint density at radius 3 is 2.31 bits per heavy atom. The SMILES string of the molecule is CCOc1cc(OCC)cc(-c2c(NC)oc(-c3cccnc3)c2O)c1. The Morgan fingerprint density at radius 2 is 1.77 bits per heavy atom. The van der Waals surface area contributed by atoms with Gasteiger partial charge in [-0.2, -0.15) is 0 Å². The van der Waals surface area contributed by atoms with E-state index in [-0.39, 0.29) is 5.75 Å². The van der Waals surface area contributed by atoms with Gasteiger partial charge in [-0.15, -0.1) is 0 Å². The molecule has 0 fully saturated rings. The number of benzene rings is 1. The zero-order chi connectivity index (χ0) is 18.5. The average Bonchev–Trinajstić information content (AvgIpc) is 2.99. The lowest BCUT2D eigenvalue weighted by atomic mass is 10.0. The van der Waals surface area contributed by atoms with Crippen molar-refractivity contribution in [1.82, 2.24) is 4.98 Å². The minimum atomic E-state index is 0.0402. The normalized spacial score (nSPS) is 10.6. The van der Waals surface area contributed by atoms with E-state index in [1.54, 1.807) is 25.5 Å². The summed E-state index contributed by atoms with van der Waals surface area (Å²) in [6, 6.07) is 9.15. The van der Waals surface area contributed by atoms with Crippen LogP contribution >= 0.6 is 0 Å². The summed E-state index contributed by atoms with van der Waals surface area (Å²) in [5, 5.41) is 13.8. The first-order valence-electron chi connectivity index (χ1n) is 8.52. The third-order valence-corrected chi connectivity index (χ3v) is 3.82. The van der Waals surface area contributed by atoms with Crippen LogP contribution in [-0.2, 0) is 0 Å². The van der Waals surface area contributed by atoms with Crippen LogP contribution in [0.3, 0.4) is 0 Å². The fraction of sp³-hybridized carbons (Fsp3) is 0.250. The number of nitrogens with one attached hydrogen (secondary N) is 1. The first-order chi connectivity index (χ1) is 12.7. The van der Waals surface area contributed by atoms with Gasteiger partial charge in [-0.25, -0.2) is 0 Å². The molecule has 3 aromatic rings. The van der Waals surface area contributed by atoms with Crippen molar-refractivity contribution in [1.29, 1.82) is 0 Å². The number of nitrogens with zero attached hydrogens (tertiary/aromatic N) is 1. The highest BCUT2D eigenvalue weighted by atomic mass is 16.5. The molecule has 3 rings (SSSR count). The van der Waals surface area contributed by atoms with Crippen molar-refractivity contribution < 1.29 is 19.0 Å². The molecule has 1 aromatic carbocycles. The van der Waals surface area contributed by atoms with Crippen molar-refractivity contribution in [3.05, 3.63) is 42.7 Å². The van der Waals surface area contributed by atoms with Crippen molar-refractivity contribution in [3.8, 4) is 39.7 Å². The summed E-state index contributed by atoms with van der Waals surface area (Å²) in [5.74, 6) is 2.19. The summed E-state index contributed by atoms with van der Waals surface area (Å²) < 4.78 is 17.1. The van der Waals surface area contributed by atoms with Gasteiger partial charge in [0.25, 0.3) is 0 Å². The molecule has 2 heterocycles. The highest BCUT2D eigenvalue weighted by Crippen LogP contribution is 2.47. The first kappa shape index (κ1) is 17.7. The molecule has 136 valence electrons. The molecule has 2 aromatic heterocycles. The van der Waals surface area contributed by atoms with E-state index in [4.69, 9.17) is 13.9 Å². The van der Waals surface area contributed by atoms with Gasteiger partial charge in [0.2, 0.25) is 5.88 Å². The van der Waals surface area contributed by atoms with Crippen molar-refractivity contribution in [3.63, 3.8) is 0 Å². The molecule has 6 nitrogen and oxygen atoms in total. The third kappa shape index (κ3) is 3.44. The predicted molar refractivity (Wildman–Crippen MR) is 101 cm³/mol. The van der Waals surface area contributed by atoms with E-state index in [0.29, 0.717) is 47.5 Å². The van der Waals surface area contributed by atoms with Gasteiger partial charge in [-0.3, -0.25) is 4.98 Å². The quantitative estimate of drug-likeness (QED) is 0.648. The number of aromatic nitrogens is 1.